The van der Waals surface area contributed by atoms with E-state index in [1.165, 1.54) is 5.69 Å². The summed E-state index contributed by atoms with van der Waals surface area (Å²) in [7, 11) is 1.61. The SMILES string of the molecule is CCOc1ccc(/C=C/C(=O)N2CCc3c(cnn3C(C)(C)C)C2)cc1OC. The van der Waals surface area contributed by atoms with Crippen molar-refractivity contribution in [3.05, 3.63) is 47.3 Å². The highest BCUT2D eigenvalue weighted by molar-refractivity contribution is 5.92. The summed E-state index contributed by atoms with van der Waals surface area (Å²) < 4.78 is 13.0. The summed E-state index contributed by atoms with van der Waals surface area (Å²) >= 11 is 0. The molecule has 0 bridgehead atoms. The third-order valence-electron chi connectivity index (χ3n) is 4.79. The van der Waals surface area contributed by atoms with Crippen molar-refractivity contribution in [1.82, 2.24) is 14.7 Å². The van der Waals surface area contributed by atoms with Gasteiger partial charge >= 0.3 is 0 Å². The van der Waals surface area contributed by atoms with Crippen LogP contribution in [0.4, 0.5) is 0 Å². The van der Waals surface area contributed by atoms with Crippen LogP contribution in [0.5, 0.6) is 11.5 Å². The Morgan fingerprint density at radius 2 is 2.07 bits per heavy atom. The molecule has 1 aliphatic heterocycles. The van der Waals surface area contributed by atoms with E-state index in [1.807, 2.05) is 42.3 Å². The predicted octanol–water partition coefficient (Wildman–Crippen LogP) is 3.64. The van der Waals surface area contributed by atoms with Gasteiger partial charge in [0.25, 0.3) is 0 Å². The normalized spacial score (nSPS) is 14.2. The molecule has 1 aromatic carbocycles. The lowest BCUT2D eigenvalue weighted by molar-refractivity contribution is -0.126. The number of ether oxygens (including phenoxy) is 2. The van der Waals surface area contributed by atoms with Gasteiger partial charge in [0.15, 0.2) is 11.5 Å². The highest BCUT2D eigenvalue weighted by Gasteiger charge is 2.26. The Kier molecular flexibility index (Phi) is 5.77. The molecule has 0 aliphatic carbocycles. The van der Waals surface area contributed by atoms with Crippen LogP contribution in [0, 0.1) is 0 Å². The van der Waals surface area contributed by atoms with Crippen LogP contribution in [0.1, 0.15) is 44.5 Å². The molecular formula is C22H29N3O3. The molecule has 2 heterocycles. The maximum absolute atomic E-state index is 12.7. The molecule has 1 aliphatic rings. The van der Waals surface area contributed by atoms with Gasteiger partial charge in [-0.15, -0.1) is 0 Å². The van der Waals surface area contributed by atoms with Crippen molar-refractivity contribution in [3.8, 4) is 11.5 Å². The number of amides is 1. The molecule has 28 heavy (non-hydrogen) atoms. The molecule has 0 N–H and O–H groups in total. The Labute approximate surface area is 166 Å². The zero-order valence-corrected chi connectivity index (χ0v) is 17.4. The van der Waals surface area contributed by atoms with E-state index >= 15 is 0 Å². The summed E-state index contributed by atoms with van der Waals surface area (Å²) in [5.41, 5.74) is 3.21. The molecule has 6 nitrogen and oxygen atoms in total. The largest absolute Gasteiger partial charge is 0.493 e. The van der Waals surface area contributed by atoms with Crippen LogP contribution < -0.4 is 9.47 Å². The van der Waals surface area contributed by atoms with Gasteiger partial charge in [-0.2, -0.15) is 5.10 Å². The molecule has 3 rings (SSSR count). The lowest BCUT2D eigenvalue weighted by Gasteiger charge is -2.29. The van der Waals surface area contributed by atoms with Crippen LogP contribution in [0.15, 0.2) is 30.5 Å². The number of carbonyl (C=O) groups is 1. The van der Waals surface area contributed by atoms with Crippen molar-refractivity contribution in [3.63, 3.8) is 0 Å². The second kappa shape index (κ2) is 8.09. The third-order valence-corrected chi connectivity index (χ3v) is 4.79. The molecule has 0 spiro atoms. The quantitative estimate of drug-likeness (QED) is 0.740. The van der Waals surface area contributed by atoms with E-state index in [9.17, 15) is 4.79 Å². The number of methoxy groups -OCH3 is 1. The van der Waals surface area contributed by atoms with Crippen LogP contribution >= 0.6 is 0 Å². The molecule has 1 amide bonds. The predicted molar refractivity (Wildman–Crippen MR) is 110 cm³/mol. The van der Waals surface area contributed by atoms with Gasteiger partial charge in [0.05, 0.1) is 25.5 Å². The molecule has 0 fully saturated rings. The van der Waals surface area contributed by atoms with E-state index in [4.69, 9.17) is 9.47 Å². The minimum atomic E-state index is -0.0492. The summed E-state index contributed by atoms with van der Waals surface area (Å²) in [5, 5.41) is 4.53. The Balaban J connectivity index is 1.70. The van der Waals surface area contributed by atoms with E-state index in [0.29, 0.717) is 31.2 Å². The zero-order valence-electron chi connectivity index (χ0n) is 17.4. The lowest BCUT2D eigenvalue weighted by Crippen LogP contribution is -2.36. The molecule has 2 aromatic rings. The maximum Gasteiger partial charge on any atom is 0.246 e. The monoisotopic (exact) mass is 383 g/mol. The number of hydrogen-bond donors (Lipinski definition) is 0. The Hall–Kier alpha value is -2.76. The van der Waals surface area contributed by atoms with Gasteiger partial charge in [0.2, 0.25) is 5.91 Å². The van der Waals surface area contributed by atoms with Gasteiger partial charge in [0.1, 0.15) is 0 Å². The van der Waals surface area contributed by atoms with Crippen molar-refractivity contribution < 1.29 is 14.3 Å². The zero-order chi connectivity index (χ0) is 20.3. The molecule has 0 radical (unpaired) electrons. The number of benzene rings is 1. The van der Waals surface area contributed by atoms with Crippen molar-refractivity contribution in [2.24, 2.45) is 0 Å². The summed E-state index contributed by atoms with van der Waals surface area (Å²) in [4.78, 5) is 14.5. The van der Waals surface area contributed by atoms with Crippen molar-refractivity contribution >= 4 is 12.0 Å². The van der Waals surface area contributed by atoms with E-state index in [1.54, 1.807) is 13.2 Å². The average Bonchev–Trinajstić information content (AvgIpc) is 3.10. The van der Waals surface area contributed by atoms with E-state index in [-0.39, 0.29) is 11.4 Å². The molecular weight excluding hydrogens is 354 g/mol. The van der Waals surface area contributed by atoms with Gasteiger partial charge in [-0.05, 0) is 51.5 Å². The van der Waals surface area contributed by atoms with E-state index in [2.05, 4.69) is 30.6 Å². The van der Waals surface area contributed by atoms with Crippen LogP contribution in [0.3, 0.4) is 0 Å². The number of fused-ring (bicyclic) bond motifs is 1. The first-order valence-corrected chi connectivity index (χ1v) is 9.67. The standard InChI is InChI=1S/C22H29N3O3/c1-6-28-19-9-7-16(13-20(19)27-5)8-10-21(26)24-12-11-18-17(15-24)14-23-25(18)22(2,3)4/h7-10,13-14H,6,11-12,15H2,1-5H3/b10-8+. The number of aromatic nitrogens is 2. The Bertz CT molecular complexity index is 878. The van der Waals surface area contributed by atoms with E-state index in [0.717, 1.165) is 17.5 Å². The second-order valence-electron chi connectivity index (χ2n) is 7.89. The minimum Gasteiger partial charge on any atom is -0.493 e. The average molecular weight is 383 g/mol. The summed E-state index contributed by atoms with van der Waals surface area (Å²) in [6, 6.07) is 5.65. The lowest BCUT2D eigenvalue weighted by atomic mass is 10.0. The smallest absolute Gasteiger partial charge is 0.246 e. The highest BCUT2D eigenvalue weighted by Crippen LogP contribution is 2.29. The number of hydrogen-bond acceptors (Lipinski definition) is 4. The number of carbonyl (C=O) groups excluding carboxylic acids is 1. The molecule has 0 unspecified atom stereocenters. The first-order valence-electron chi connectivity index (χ1n) is 9.67. The van der Waals surface area contributed by atoms with Gasteiger partial charge in [-0.3, -0.25) is 9.48 Å². The van der Waals surface area contributed by atoms with Crippen molar-refractivity contribution in [1.29, 1.82) is 0 Å². The third kappa shape index (κ3) is 4.21. The summed E-state index contributed by atoms with van der Waals surface area (Å²) in [6.45, 7) is 10.2. The number of nitrogens with zero attached hydrogens (tertiary/aromatic N) is 3. The first kappa shape index (κ1) is 20.0. The van der Waals surface area contributed by atoms with Crippen LogP contribution in [-0.4, -0.2) is 40.8 Å². The fourth-order valence-corrected chi connectivity index (χ4v) is 3.43. The van der Waals surface area contributed by atoms with Gasteiger partial charge in [-0.1, -0.05) is 6.07 Å². The van der Waals surface area contributed by atoms with Gasteiger partial charge < -0.3 is 14.4 Å². The van der Waals surface area contributed by atoms with E-state index < -0.39 is 0 Å². The number of rotatable bonds is 5. The van der Waals surface area contributed by atoms with Crippen LogP contribution in [-0.2, 0) is 23.3 Å². The molecule has 0 atom stereocenters. The topological polar surface area (TPSA) is 56.6 Å². The molecule has 150 valence electrons. The molecule has 0 saturated heterocycles. The Morgan fingerprint density at radius 3 is 2.75 bits per heavy atom. The maximum atomic E-state index is 12.7. The van der Waals surface area contributed by atoms with Crippen LogP contribution in [0.25, 0.3) is 6.08 Å². The van der Waals surface area contributed by atoms with Crippen LogP contribution in [0.2, 0.25) is 0 Å². The first-order chi connectivity index (χ1) is 13.3. The molecule has 1 aromatic heterocycles. The summed E-state index contributed by atoms with van der Waals surface area (Å²) in [6.07, 6.45) is 6.15. The second-order valence-corrected chi connectivity index (χ2v) is 7.89. The summed E-state index contributed by atoms with van der Waals surface area (Å²) in [5.74, 6) is 1.36. The van der Waals surface area contributed by atoms with Crippen molar-refractivity contribution in [2.45, 2.75) is 46.2 Å². The van der Waals surface area contributed by atoms with Crippen molar-refractivity contribution in [2.75, 3.05) is 20.3 Å². The fourth-order valence-electron chi connectivity index (χ4n) is 3.43. The van der Waals surface area contributed by atoms with Gasteiger partial charge in [0, 0.05) is 36.8 Å². The van der Waals surface area contributed by atoms with Gasteiger partial charge in [-0.25, -0.2) is 0 Å². The molecule has 0 saturated carbocycles. The Morgan fingerprint density at radius 1 is 1.29 bits per heavy atom. The minimum absolute atomic E-state index is 0.00186. The molecule has 6 heteroatoms. The fraction of sp³-hybridized carbons (Fsp3) is 0.455. The highest BCUT2D eigenvalue weighted by atomic mass is 16.5.